The van der Waals surface area contributed by atoms with Crippen molar-refractivity contribution in [1.82, 2.24) is 4.98 Å². The van der Waals surface area contributed by atoms with Gasteiger partial charge >= 0.3 is 5.97 Å². The maximum absolute atomic E-state index is 12.1. The van der Waals surface area contributed by atoms with E-state index in [0.29, 0.717) is 20.3 Å². The zero-order valence-corrected chi connectivity index (χ0v) is 14.0. The Morgan fingerprint density at radius 3 is 2.72 bits per heavy atom. The zero-order chi connectivity index (χ0) is 17.8. The molecule has 0 aliphatic heterocycles. The molecule has 0 atom stereocenters. The lowest BCUT2D eigenvalue weighted by Gasteiger charge is -2.02. The van der Waals surface area contributed by atoms with E-state index < -0.39 is 5.97 Å². The number of methoxy groups -OCH3 is 1. The number of ether oxygens (including phenoxy) is 1. The minimum absolute atomic E-state index is 0.191. The van der Waals surface area contributed by atoms with E-state index in [1.54, 1.807) is 42.5 Å². The first-order valence-electron chi connectivity index (χ1n) is 7.26. The molecule has 6 nitrogen and oxygen atoms in total. The Kier molecular flexibility index (Phi) is 4.76. The molecule has 3 aromatic rings. The van der Waals surface area contributed by atoms with Crippen LogP contribution in [0.3, 0.4) is 0 Å². The van der Waals surface area contributed by atoms with Gasteiger partial charge < -0.3 is 14.1 Å². The largest absolute Gasteiger partial charge is 0.465 e. The van der Waals surface area contributed by atoms with Gasteiger partial charge in [0.25, 0.3) is 5.56 Å². The summed E-state index contributed by atoms with van der Waals surface area (Å²) in [5.74, 6) is -0.639. The van der Waals surface area contributed by atoms with Crippen LogP contribution in [0.5, 0.6) is 0 Å². The summed E-state index contributed by atoms with van der Waals surface area (Å²) in [7, 11) is 1.30. The molecule has 1 aromatic carbocycles. The Labute approximate surface area is 145 Å². The highest BCUT2D eigenvalue weighted by Gasteiger charge is 2.10. The molecule has 126 valence electrons. The number of hydrogen-bond donors (Lipinski definition) is 1. The first-order valence-corrected chi connectivity index (χ1v) is 8.08. The average Bonchev–Trinajstić information content (AvgIpc) is 3.25. The van der Waals surface area contributed by atoms with Crippen molar-refractivity contribution >= 4 is 35.2 Å². The molecule has 0 unspecified atom stereocenters. The lowest BCUT2D eigenvalue weighted by atomic mass is 10.1. The van der Waals surface area contributed by atoms with E-state index >= 15 is 0 Å². The summed E-state index contributed by atoms with van der Waals surface area (Å²) in [5, 5.41) is 0. The van der Waals surface area contributed by atoms with E-state index in [9.17, 15) is 14.4 Å². The van der Waals surface area contributed by atoms with Crippen LogP contribution in [0.2, 0.25) is 0 Å². The number of benzene rings is 1. The number of hydrogen-bond acceptors (Lipinski definition) is 6. The minimum atomic E-state index is -0.486. The number of nitrogens with one attached hydrogen (secondary N) is 1. The Hall–Kier alpha value is -3.19. The number of Topliss-reactive ketones (excluding diaryl/α,β-unsaturated/α-hetero) is 1. The molecule has 0 radical (unpaired) electrons. The highest BCUT2D eigenvalue weighted by atomic mass is 32.1. The van der Waals surface area contributed by atoms with Crippen LogP contribution >= 0.6 is 11.3 Å². The molecule has 0 spiro atoms. The number of ketones is 1. The number of esters is 1. The van der Waals surface area contributed by atoms with Gasteiger partial charge in [0.1, 0.15) is 0 Å². The third-order valence-corrected chi connectivity index (χ3v) is 4.32. The molecule has 2 heterocycles. The number of carbonyl (C=O) groups is 2. The average molecular weight is 355 g/mol. The monoisotopic (exact) mass is 355 g/mol. The van der Waals surface area contributed by atoms with Gasteiger partial charge in [-0.05, 0) is 29.8 Å². The van der Waals surface area contributed by atoms with Gasteiger partial charge in [0.05, 0.1) is 28.1 Å². The Balaban J connectivity index is 2.05. The minimum Gasteiger partial charge on any atom is -0.465 e. The second kappa shape index (κ2) is 7.14. The highest BCUT2D eigenvalue weighted by molar-refractivity contribution is 7.07. The Morgan fingerprint density at radius 1 is 1.20 bits per heavy atom. The quantitative estimate of drug-likeness (QED) is 0.563. The van der Waals surface area contributed by atoms with Crippen molar-refractivity contribution in [2.45, 2.75) is 0 Å². The molecule has 1 N–H and O–H groups in total. The number of aromatic amines is 1. The summed E-state index contributed by atoms with van der Waals surface area (Å²) in [6, 6.07) is 9.96. The van der Waals surface area contributed by atoms with Crippen LogP contribution in [-0.4, -0.2) is 23.8 Å². The van der Waals surface area contributed by atoms with Crippen molar-refractivity contribution in [2.75, 3.05) is 7.11 Å². The molecule has 0 saturated heterocycles. The second-order valence-corrected chi connectivity index (χ2v) is 6.08. The van der Waals surface area contributed by atoms with Gasteiger partial charge in [0.15, 0.2) is 5.76 Å². The number of carbonyl (C=O) groups excluding carboxylic acids is 2. The molecular formula is C18H13NO5S. The number of aromatic nitrogens is 1. The van der Waals surface area contributed by atoms with Crippen molar-refractivity contribution in [3.05, 3.63) is 79.1 Å². The fourth-order valence-corrected chi connectivity index (χ4v) is 3.07. The van der Waals surface area contributed by atoms with E-state index in [-0.39, 0.29) is 17.1 Å². The topological polar surface area (TPSA) is 89.4 Å². The summed E-state index contributed by atoms with van der Waals surface area (Å²) < 4.78 is 10.5. The maximum Gasteiger partial charge on any atom is 0.338 e. The molecule has 7 heteroatoms. The summed E-state index contributed by atoms with van der Waals surface area (Å²) in [6.07, 6.45) is 4.29. The van der Waals surface area contributed by atoms with E-state index in [4.69, 9.17) is 9.15 Å². The number of rotatable bonds is 4. The summed E-state index contributed by atoms with van der Waals surface area (Å²) in [4.78, 5) is 38.5. The molecule has 0 saturated carbocycles. The smallest absolute Gasteiger partial charge is 0.338 e. The lowest BCUT2D eigenvalue weighted by molar-refractivity contribution is 0.0600. The van der Waals surface area contributed by atoms with Crippen LogP contribution in [0.1, 0.15) is 26.5 Å². The van der Waals surface area contributed by atoms with Gasteiger partial charge in [-0.15, -0.1) is 11.3 Å². The Bertz CT molecular complexity index is 1090. The molecule has 2 aromatic heterocycles. The van der Waals surface area contributed by atoms with Crippen molar-refractivity contribution in [2.24, 2.45) is 0 Å². The van der Waals surface area contributed by atoms with Crippen LogP contribution in [0, 0.1) is 0 Å². The first kappa shape index (κ1) is 16.7. The second-order valence-electron chi connectivity index (χ2n) is 4.99. The molecule has 0 aliphatic carbocycles. The summed E-state index contributed by atoms with van der Waals surface area (Å²) >= 11 is 1.11. The maximum atomic E-state index is 12.1. The van der Waals surface area contributed by atoms with Crippen LogP contribution in [0.25, 0.3) is 12.2 Å². The molecule has 25 heavy (non-hydrogen) atoms. The van der Waals surface area contributed by atoms with Gasteiger partial charge in [-0.3, -0.25) is 9.59 Å². The molecular weight excluding hydrogens is 342 g/mol. The third-order valence-electron chi connectivity index (χ3n) is 3.36. The fraction of sp³-hybridized carbons (Fsp3) is 0.0556. The van der Waals surface area contributed by atoms with E-state index in [1.165, 1.54) is 19.4 Å². The zero-order valence-electron chi connectivity index (χ0n) is 13.1. The van der Waals surface area contributed by atoms with Gasteiger partial charge in [-0.1, -0.05) is 18.2 Å². The summed E-state index contributed by atoms with van der Waals surface area (Å²) in [5.41, 5.74) is 0.573. The lowest BCUT2D eigenvalue weighted by Crippen LogP contribution is -2.20. The predicted octanol–water partition coefficient (Wildman–Crippen LogP) is 1.31. The molecule has 0 aliphatic rings. The molecule has 0 bridgehead atoms. The number of furan rings is 1. The van der Waals surface area contributed by atoms with E-state index in [0.717, 1.165) is 11.3 Å². The predicted molar refractivity (Wildman–Crippen MR) is 93.0 cm³/mol. The van der Waals surface area contributed by atoms with Crippen LogP contribution < -0.4 is 14.8 Å². The van der Waals surface area contributed by atoms with Gasteiger partial charge in [0.2, 0.25) is 5.78 Å². The van der Waals surface area contributed by atoms with Gasteiger partial charge in [0, 0.05) is 6.08 Å². The van der Waals surface area contributed by atoms with E-state index in [2.05, 4.69) is 4.98 Å². The fourth-order valence-electron chi connectivity index (χ4n) is 2.19. The van der Waals surface area contributed by atoms with Crippen LogP contribution in [0.15, 0.2) is 51.9 Å². The third kappa shape index (κ3) is 3.67. The molecule has 3 rings (SSSR count). The standard InChI is InChI=1S/C18H13NO5S/c1-23-18(22)12-6-3-2-5-11(12)9-15-17(21)19-16(25-15)10-13(20)14-7-4-8-24-14/h2-10H,1H3,(H,19,21)/b15-9-,16-10-. The first-order chi connectivity index (χ1) is 12.1. The SMILES string of the molecule is COC(=O)c1ccccc1/C=c1\s/c(=C\C(=O)c2ccco2)[nH]c1=O. The Morgan fingerprint density at radius 2 is 2.00 bits per heavy atom. The molecule has 0 fully saturated rings. The molecule has 0 amide bonds. The van der Waals surface area contributed by atoms with Gasteiger partial charge in [-0.25, -0.2) is 4.79 Å². The van der Waals surface area contributed by atoms with Crippen molar-refractivity contribution in [3.63, 3.8) is 0 Å². The van der Waals surface area contributed by atoms with Crippen LogP contribution in [-0.2, 0) is 4.74 Å². The van der Waals surface area contributed by atoms with E-state index in [1.807, 2.05) is 0 Å². The normalized spacial score (nSPS) is 12.4. The van der Waals surface area contributed by atoms with Crippen molar-refractivity contribution in [1.29, 1.82) is 0 Å². The highest BCUT2D eigenvalue weighted by Crippen LogP contribution is 2.10. The van der Waals surface area contributed by atoms with Crippen molar-refractivity contribution in [3.8, 4) is 0 Å². The summed E-state index contributed by atoms with van der Waals surface area (Å²) in [6.45, 7) is 0. The number of thiazole rings is 1. The van der Waals surface area contributed by atoms with Crippen LogP contribution in [0.4, 0.5) is 0 Å². The number of H-pyrrole nitrogens is 1. The van der Waals surface area contributed by atoms with Gasteiger partial charge in [-0.2, -0.15) is 0 Å². The van der Waals surface area contributed by atoms with Crippen molar-refractivity contribution < 1.29 is 18.7 Å².